The summed E-state index contributed by atoms with van der Waals surface area (Å²) in [6.45, 7) is 5.62. The molecule has 5 heteroatoms. The third-order valence-electron chi connectivity index (χ3n) is 5.39. The number of piperidine rings is 1. The van der Waals surface area contributed by atoms with Crippen LogP contribution >= 0.6 is 0 Å². The summed E-state index contributed by atoms with van der Waals surface area (Å²) in [5.41, 5.74) is 7.68. The van der Waals surface area contributed by atoms with Crippen LogP contribution in [0.15, 0.2) is 12.1 Å². The van der Waals surface area contributed by atoms with Crippen LogP contribution in [0, 0.1) is 25.6 Å². The molecule has 1 aromatic carbocycles. The molecule has 2 saturated heterocycles. The summed E-state index contributed by atoms with van der Waals surface area (Å²) in [7, 11) is 0. The first-order valence-electron chi connectivity index (χ1n) is 8.89. The van der Waals surface area contributed by atoms with Crippen molar-refractivity contribution in [3.8, 4) is 0 Å². The van der Waals surface area contributed by atoms with Crippen LogP contribution in [0.4, 0.5) is 4.39 Å². The molecule has 2 atom stereocenters. The summed E-state index contributed by atoms with van der Waals surface area (Å²) in [6.07, 6.45) is 4.00. The lowest BCUT2D eigenvalue weighted by Gasteiger charge is -2.38. The highest BCUT2D eigenvalue weighted by atomic mass is 19.1. The van der Waals surface area contributed by atoms with Crippen LogP contribution in [-0.2, 0) is 4.74 Å². The number of ether oxygens (including phenoxy) is 1. The van der Waals surface area contributed by atoms with Gasteiger partial charge in [-0.25, -0.2) is 4.39 Å². The summed E-state index contributed by atoms with van der Waals surface area (Å²) in [5, 5.41) is 0. The second-order valence-electron chi connectivity index (χ2n) is 7.25. The first kappa shape index (κ1) is 17.4. The number of carbonyl (C=O) groups excluding carboxylic acids is 1. The zero-order chi connectivity index (χ0) is 17.3. The quantitative estimate of drug-likeness (QED) is 0.905. The molecule has 2 unspecified atom stereocenters. The van der Waals surface area contributed by atoms with Crippen LogP contribution in [0.5, 0.6) is 0 Å². The topological polar surface area (TPSA) is 55.6 Å². The van der Waals surface area contributed by atoms with Gasteiger partial charge < -0.3 is 15.4 Å². The van der Waals surface area contributed by atoms with Crippen molar-refractivity contribution in [2.45, 2.75) is 51.7 Å². The first-order valence-corrected chi connectivity index (χ1v) is 8.89. The summed E-state index contributed by atoms with van der Waals surface area (Å²) in [4.78, 5) is 14.6. The normalized spacial score (nSPS) is 25.8. The van der Waals surface area contributed by atoms with Gasteiger partial charge in [-0.15, -0.1) is 0 Å². The van der Waals surface area contributed by atoms with Crippen LogP contribution in [0.1, 0.15) is 47.2 Å². The molecule has 4 nitrogen and oxygen atoms in total. The molecule has 2 fully saturated rings. The van der Waals surface area contributed by atoms with Crippen molar-refractivity contribution in [3.05, 3.63) is 34.6 Å². The highest BCUT2D eigenvalue weighted by molar-refractivity contribution is 5.94. The van der Waals surface area contributed by atoms with E-state index in [0.29, 0.717) is 22.6 Å². The lowest BCUT2D eigenvalue weighted by atomic mass is 9.86. The average molecular weight is 334 g/mol. The van der Waals surface area contributed by atoms with E-state index >= 15 is 0 Å². The second-order valence-corrected chi connectivity index (χ2v) is 7.25. The van der Waals surface area contributed by atoms with Crippen molar-refractivity contribution in [1.29, 1.82) is 0 Å². The van der Waals surface area contributed by atoms with Crippen LogP contribution in [-0.4, -0.2) is 42.6 Å². The molecule has 3 rings (SSSR count). The number of likely N-dealkylation sites (tertiary alicyclic amines) is 1. The minimum absolute atomic E-state index is 0.000846. The van der Waals surface area contributed by atoms with Gasteiger partial charge in [0.05, 0.1) is 6.10 Å². The molecule has 0 aliphatic carbocycles. The molecular formula is C19H27FN2O2. The zero-order valence-electron chi connectivity index (χ0n) is 14.6. The summed E-state index contributed by atoms with van der Waals surface area (Å²) < 4.78 is 19.6. The number of amides is 1. The van der Waals surface area contributed by atoms with Crippen LogP contribution in [0.25, 0.3) is 0 Å². The summed E-state index contributed by atoms with van der Waals surface area (Å²) >= 11 is 0. The van der Waals surface area contributed by atoms with E-state index in [4.69, 9.17) is 10.5 Å². The predicted molar refractivity (Wildman–Crippen MR) is 91.5 cm³/mol. The molecule has 0 radical (unpaired) electrons. The number of nitrogens with zero attached hydrogens (tertiary/aromatic N) is 1. The maximum absolute atomic E-state index is 13.8. The molecule has 0 aromatic heterocycles. The van der Waals surface area contributed by atoms with Crippen molar-refractivity contribution < 1.29 is 13.9 Å². The van der Waals surface area contributed by atoms with E-state index in [2.05, 4.69) is 0 Å². The van der Waals surface area contributed by atoms with Crippen LogP contribution in [0.3, 0.4) is 0 Å². The fourth-order valence-corrected chi connectivity index (χ4v) is 3.91. The van der Waals surface area contributed by atoms with Crippen molar-refractivity contribution >= 4 is 5.91 Å². The van der Waals surface area contributed by atoms with E-state index in [1.165, 1.54) is 0 Å². The third-order valence-corrected chi connectivity index (χ3v) is 5.39. The Hall–Kier alpha value is -1.46. The Kier molecular flexibility index (Phi) is 5.21. The molecule has 132 valence electrons. The number of halogens is 1. The van der Waals surface area contributed by atoms with Gasteiger partial charge in [0.25, 0.3) is 5.91 Å². The molecule has 1 amide bonds. The van der Waals surface area contributed by atoms with E-state index in [9.17, 15) is 9.18 Å². The summed E-state index contributed by atoms with van der Waals surface area (Å²) in [5.74, 6) is 0.258. The molecule has 2 heterocycles. The third kappa shape index (κ3) is 3.62. The van der Waals surface area contributed by atoms with Crippen LogP contribution in [0.2, 0.25) is 0 Å². The molecule has 0 saturated carbocycles. The monoisotopic (exact) mass is 334 g/mol. The number of benzene rings is 1. The maximum atomic E-state index is 13.8. The van der Waals surface area contributed by atoms with Gasteiger partial charge in [0, 0.05) is 31.3 Å². The average Bonchev–Trinajstić information content (AvgIpc) is 2.59. The largest absolute Gasteiger partial charge is 0.378 e. The number of nitrogens with two attached hydrogens (primary N) is 1. The van der Waals surface area contributed by atoms with E-state index < -0.39 is 0 Å². The van der Waals surface area contributed by atoms with Crippen molar-refractivity contribution in [2.75, 3.05) is 19.7 Å². The van der Waals surface area contributed by atoms with Gasteiger partial charge in [0.15, 0.2) is 0 Å². The molecule has 2 aliphatic rings. The first-order chi connectivity index (χ1) is 11.5. The van der Waals surface area contributed by atoms with Gasteiger partial charge in [0.1, 0.15) is 5.82 Å². The Morgan fingerprint density at radius 1 is 1.21 bits per heavy atom. The highest BCUT2D eigenvalue weighted by Gasteiger charge is 2.32. The second kappa shape index (κ2) is 7.19. The van der Waals surface area contributed by atoms with Gasteiger partial charge in [-0.05, 0) is 68.7 Å². The van der Waals surface area contributed by atoms with Crippen molar-refractivity contribution in [2.24, 2.45) is 11.7 Å². The number of hydrogen-bond donors (Lipinski definition) is 1. The Morgan fingerprint density at radius 3 is 2.42 bits per heavy atom. The summed E-state index contributed by atoms with van der Waals surface area (Å²) in [6, 6.07) is 3.55. The smallest absolute Gasteiger partial charge is 0.253 e. The Balaban J connectivity index is 1.61. The van der Waals surface area contributed by atoms with Gasteiger partial charge >= 0.3 is 0 Å². The molecule has 24 heavy (non-hydrogen) atoms. The minimum atomic E-state index is -0.226. The molecule has 2 aliphatic heterocycles. The lowest BCUT2D eigenvalue weighted by molar-refractivity contribution is -0.0419. The number of hydrogen-bond acceptors (Lipinski definition) is 3. The number of aryl methyl sites for hydroxylation is 2. The fourth-order valence-electron chi connectivity index (χ4n) is 3.91. The van der Waals surface area contributed by atoms with E-state index in [1.54, 1.807) is 26.0 Å². The van der Waals surface area contributed by atoms with Crippen molar-refractivity contribution in [3.63, 3.8) is 0 Å². The molecular weight excluding hydrogens is 307 g/mol. The standard InChI is InChI=1S/C19H27FN2O2/c1-12-9-15(10-13(2)18(12)20)19(23)22-6-3-14(4-7-22)17-11-16(21)5-8-24-17/h9-10,14,16-17H,3-8,11,21H2,1-2H3. The van der Waals surface area contributed by atoms with Gasteiger partial charge in [-0.1, -0.05) is 0 Å². The predicted octanol–water partition coefficient (Wildman–Crippen LogP) is 2.80. The lowest BCUT2D eigenvalue weighted by Crippen LogP contribution is -2.45. The van der Waals surface area contributed by atoms with Gasteiger partial charge in [-0.2, -0.15) is 0 Å². The van der Waals surface area contributed by atoms with Crippen LogP contribution < -0.4 is 5.73 Å². The van der Waals surface area contributed by atoms with Crippen molar-refractivity contribution in [1.82, 2.24) is 4.90 Å². The Labute approximate surface area is 143 Å². The van der Waals surface area contributed by atoms with E-state index in [1.807, 2.05) is 4.90 Å². The molecule has 2 N–H and O–H groups in total. The molecule has 0 spiro atoms. The number of rotatable bonds is 2. The fraction of sp³-hybridized carbons (Fsp3) is 0.632. The van der Waals surface area contributed by atoms with E-state index in [0.717, 1.165) is 45.4 Å². The Morgan fingerprint density at radius 2 is 1.83 bits per heavy atom. The highest BCUT2D eigenvalue weighted by Crippen LogP contribution is 2.29. The van der Waals surface area contributed by atoms with Gasteiger partial charge in [-0.3, -0.25) is 4.79 Å². The molecule has 1 aromatic rings. The van der Waals surface area contributed by atoms with E-state index in [-0.39, 0.29) is 23.9 Å². The maximum Gasteiger partial charge on any atom is 0.253 e. The Bertz CT molecular complexity index is 588. The van der Waals surface area contributed by atoms with Gasteiger partial charge in [0.2, 0.25) is 0 Å². The zero-order valence-corrected chi connectivity index (χ0v) is 14.6. The molecule has 0 bridgehead atoms. The SMILES string of the molecule is Cc1cc(C(=O)N2CCC(C3CC(N)CCO3)CC2)cc(C)c1F. The number of carbonyl (C=O) groups is 1. The minimum Gasteiger partial charge on any atom is -0.378 e.